The largest absolute Gasteiger partial charge is 0.338 e. The molecule has 76 valence electrons. The van der Waals surface area contributed by atoms with Crippen molar-refractivity contribution in [1.82, 2.24) is 21.6 Å². The Hall–Kier alpha value is -1.54. The van der Waals surface area contributed by atoms with Crippen LogP contribution < -0.4 is 21.6 Å². The van der Waals surface area contributed by atoms with E-state index in [1.807, 2.05) is 0 Å². The van der Waals surface area contributed by atoms with Gasteiger partial charge >= 0.3 is 12.1 Å². The van der Waals surface area contributed by atoms with E-state index in [-0.39, 0.29) is 0 Å². The van der Waals surface area contributed by atoms with Crippen molar-refractivity contribution >= 4 is 12.1 Å². The standard InChI is InChI=1S/C5H12N4O4/c10-4(8-12)6-2-1-3-7-5(11)9-13/h12-13H,1-3H2,(H2,6,8,10)(H2,7,9,11). The minimum atomic E-state index is -0.702. The first-order valence-corrected chi connectivity index (χ1v) is 3.56. The molecule has 0 rings (SSSR count). The Morgan fingerprint density at radius 3 is 1.62 bits per heavy atom. The fourth-order valence-corrected chi connectivity index (χ4v) is 0.571. The Kier molecular flexibility index (Phi) is 6.28. The molecule has 0 unspecified atom stereocenters. The quantitative estimate of drug-likeness (QED) is 0.189. The van der Waals surface area contributed by atoms with Gasteiger partial charge in [-0.05, 0) is 6.42 Å². The van der Waals surface area contributed by atoms with Gasteiger partial charge in [-0.1, -0.05) is 0 Å². The molecule has 0 aliphatic heterocycles. The zero-order valence-corrected chi connectivity index (χ0v) is 6.83. The monoisotopic (exact) mass is 192 g/mol. The van der Waals surface area contributed by atoms with Crippen molar-refractivity contribution in [1.29, 1.82) is 0 Å². The molecule has 0 bridgehead atoms. The molecule has 0 saturated carbocycles. The van der Waals surface area contributed by atoms with Crippen LogP contribution >= 0.6 is 0 Å². The van der Waals surface area contributed by atoms with E-state index in [4.69, 9.17) is 10.4 Å². The van der Waals surface area contributed by atoms with Crippen LogP contribution in [-0.4, -0.2) is 35.6 Å². The summed E-state index contributed by atoms with van der Waals surface area (Å²) in [4.78, 5) is 20.7. The normalized spacial score (nSPS) is 8.77. The van der Waals surface area contributed by atoms with Gasteiger partial charge in [0.15, 0.2) is 0 Å². The molecule has 4 amide bonds. The van der Waals surface area contributed by atoms with Crippen molar-refractivity contribution < 1.29 is 20.0 Å². The molecular formula is C5H12N4O4. The molecule has 0 aliphatic rings. The van der Waals surface area contributed by atoms with E-state index in [1.54, 1.807) is 0 Å². The van der Waals surface area contributed by atoms with E-state index in [2.05, 4.69) is 10.6 Å². The van der Waals surface area contributed by atoms with E-state index in [1.165, 1.54) is 11.0 Å². The Labute approximate surface area is 74.2 Å². The smallest absolute Gasteiger partial charge is 0.336 e. The molecule has 0 aromatic rings. The third-order valence-electron chi connectivity index (χ3n) is 1.13. The lowest BCUT2D eigenvalue weighted by molar-refractivity contribution is 0.160. The summed E-state index contributed by atoms with van der Waals surface area (Å²) in [7, 11) is 0. The second kappa shape index (κ2) is 7.13. The van der Waals surface area contributed by atoms with Gasteiger partial charge in [0.05, 0.1) is 0 Å². The van der Waals surface area contributed by atoms with E-state index in [9.17, 15) is 9.59 Å². The summed E-state index contributed by atoms with van der Waals surface area (Å²) in [6.45, 7) is 0.607. The number of carbonyl (C=O) groups is 2. The van der Waals surface area contributed by atoms with Gasteiger partial charge in [0, 0.05) is 13.1 Å². The first kappa shape index (κ1) is 11.5. The number of urea groups is 2. The fourth-order valence-electron chi connectivity index (χ4n) is 0.571. The molecule has 0 saturated heterocycles. The second-order valence-corrected chi connectivity index (χ2v) is 2.09. The van der Waals surface area contributed by atoms with Crippen LogP contribution in [0.5, 0.6) is 0 Å². The zero-order valence-electron chi connectivity index (χ0n) is 6.83. The highest BCUT2D eigenvalue weighted by Gasteiger charge is 1.97. The van der Waals surface area contributed by atoms with Gasteiger partial charge in [0.2, 0.25) is 0 Å². The van der Waals surface area contributed by atoms with Crippen molar-refractivity contribution in [2.45, 2.75) is 6.42 Å². The van der Waals surface area contributed by atoms with E-state index in [0.29, 0.717) is 19.5 Å². The summed E-state index contributed by atoms with van der Waals surface area (Å²) in [5.74, 6) is 0. The third-order valence-corrected chi connectivity index (χ3v) is 1.13. The predicted octanol–water partition coefficient (Wildman–Crippen LogP) is -1.25. The summed E-state index contributed by atoms with van der Waals surface area (Å²) in [6.07, 6.45) is 0.487. The van der Waals surface area contributed by atoms with Gasteiger partial charge in [-0.3, -0.25) is 10.4 Å². The number of rotatable bonds is 4. The van der Waals surface area contributed by atoms with Crippen LogP contribution in [-0.2, 0) is 0 Å². The van der Waals surface area contributed by atoms with Crippen LogP contribution in [0.3, 0.4) is 0 Å². The maximum absolute atomic E-state index is 10.4. The van der Waals surface area contributed by atoms with Crippen LogP contribution in [0.1, 0.15) is 6.42 Å². The summed E-state index contributed by atoms with van der Waals surface area (Å²) < 4.78 is 0. The highest BCUT2D eigenvalue weighted by molar-refractivity contribution is 5.72. The Morgan fingerprint density at radius 2 is 1.31 bits per heavy atom. The molecule has 0 radical (unpaired) electrons. The van der Waals surface area contributed by atoms with E-state index >= 15 is 0 Å². The summed E-state index contributed by atoms with van der Waals surface area (Å²) in [5.41, 5.74) is 2.77. The Morgan fingerprint density at radius 1 is 0.923 bits per heavy atom. The molecule has 0 aromatic carbocycles. The SMILES string of the molecule is O=C(NO)NCCCNC(=O)NO. The highest BCUT2D eigenvalue weighted by Crippen LogP contribution is 1.73. The Balaban J connectivity index is 3.17. The van der Waals surface area contributed by atoms with Gasteiger partial charge < -0.3 is 10.6 Å². The number of hydroxylamine groups is 2. The van der Waals surface area contributed by atoms with Crippen LogP contribution in [0.15, 0.2) is 0 Å². The van der Waals surface area contributed by atoms with Crippen molar-refractivity contribution in [2.24, 2.45) is 0 Å². The number of carbonyl (C=O) groups excluding carboxylic acids is 2. The molecular weight excluding hydrogens is 180 g/mol. The molecule has 0 spiro atoms. The first-order chi connectivity index (χ1) is 6.20. The maximum atomic E-state index is 10.4. The Bertz CT molecular complexity index is 156. The van der Waals surface area contributed by atoms with Crippen molar-refractivity contribution in [3.05, 3.63) is 0 Å². The minimum Gasteiger partial charge on any atom is -0.336 e. The van der Waals surface area contributed by atoms with Gasteiger partial charge in [-0.2, -0.15) is 0 Å². The molecule has 8 nitrogen and oxygen atoms in total. The summed E-state index contributed by atoms with van der Waals surface area (Å²) in [6, 6.07) is -1.40. The minimum absolute atomic E-state index is 0.304. The van der Waals surface area contributed by atoms with Gasteiger partial charge in [0.1, 0.15) is 0 Å². The fraction of sp³-hybridized carbons (Fsp3) is 0.600. The number of nitrogens with one attached hydrogen (secondary N) is 4. The van der Waals surface area contributed by atoms with Crippen LogP contribution in [0.4, 0.5) is 9.59 Å². The maximum Gasteiger partial charge on any atom is 0.338 e. The van der Waals surface area contributed by atoms with Crippen LogP contribution in [0.2, 0.25) is 0 Å². The third kappa shape index (κ3) is 6.84. The molecule has 8 heteroatoms. The lowest BCUT2D eigenvalue weighted by atomic mass is 10.4. The van der Waals surface area contributed by atoms with E-state index < -0.39 is 12.1 Å². The molecule has 13 heavy (non-hydrogen) atoms. The number of amides is 4. The lowest BCUT2D eigenvalue weighted by Gasteiger charge is -2.04. The van der Waals surface area contributed by atoms with Crippen molar-refractivity contribution in [2.75, 3.05) is 13.1 Å². The molecule has 0 fully saturated rings. The molecule has 0 aromatic heterocycles. The topological polar surface area (TPSA) is 123 Å². The number of hydrogen-bond donors (Lipinski definition) is 6. The first-order valence-electron chi connectivity index (χ1n) is 3.56. The van der Waals surface area contributed by atoms with Crippen LogP contribution in [0, 0.1) is 0 Å². The van der Waals surface area contributed by atoms with Gasteiger partial charge in [-0.15, -0.1) is 0 Å². The number of hydrogen-bond acceptors (Lipinski definition) is 4. The highest BCUT2D eigenvalue weighted by atomic mass is 16.5. The second-order valence-electron chi connectivity index (χ2n) is 2.09. The molecule has 0 heterocycles. The summed E-state index contributed by atoms with van der Waals surface area (Å²) in [5, 5.41) is 20.7. The van der Waals surface area contributed by atoms with Gasteiger partial charge in [0.25, 0.3) is 0 Å². The zero-order chi connectivity index (χ0) is 10.1. The average molecular weight is 192 g/mol. The predicted molar refractivity (Wildman–Crippen MR) is 41.3 cm³/mol. The van der Waals surface area contributed by atoms with Crippen molar-refractivity contribution in [3.8, 4) is 0 Å². The van der Waals surface area contributed by atoms with E-state index in [0.717, 1.165) is 0 Å². The molecule has 0 atom stereocenters. The van der Waals surface area contributed by atoms with Crippen molar-refractivity contribution in [3.63, 3.8) is 0 Å². The molecule has 0 aliphatic carbocycles. The average Bonchev–Trinajstić information content (AvgIpc) is 2.16. The van der Waals surface area contributed by atoms with Gasteiger partial charge in [-0.25, -0.2) is 20.5 Å². The lowest BCUT2D eigenvalue weighted by Crippen LogP contribution is -2.37. The molecule has 6 N–H and O–H groups in total. The summed E-state index contributed by atoms with van der Waals surface area (Å²) >= 11 is 0. The van der Waals surface area contributed by atoms with Crippen LogP contribution in [0.25, 0.3) is 0 Å².